The lowest BCUT2D eigenvalue weighted by molar-refractivity contribution is -0.165. The fourth-order valence-corrected chi connectivity index (χ4v) is 6.63. The van der Waals surface area contributed by atoms with Crippen molar-refractivity contribution in [2.24, 2.45) is 5.41 Å². The van der Waals surface area contributed by atoms with E-state index in [9.17, 15) is 14.7 Å². The number of carbonyl (C=O) groups is 2. The van der Waals surface area contributed by atoms with Gasteiger partial charge in [0.05, 0.1) is 5.60 Å². The Balaban J connectivity index is 0.000000278. The Morgan fingerprint density at radius 3 is 1.64 bits per heavy atom. The SMILES string of the molecule is C=C(C)C(=O)OC1(CC)CCC(C)(O)CC1.C=C(C)C(=O)OC1(c2ccccc2)CCCCC1.C=Cc1ccc(O)cc1.C=Cc1ccc(OC(OC)C(C)(C)C)cc1. The van der Waals surface area contributed by atoms with Gasteiger partial charge in [-0.25, -0.2) is 9.59 Å². The zero-order valence-corrected chi connectivity index (χ0v) is 37.0. The number of ether oxygens (including phenoxy) is 4. The van der Waals surface area contributed by atoms with Gasteiger partial charge in [-0.05, 0) is 120 Å². The molecule has 8 nitrogen and oxygen atoms in total. The largest absolute Gasteiger partial charge is 0.508 e. The second kappa shape index (κ2) is 23.6. The first-order chi connectivity index (χ1) is 27.7. The number of phenols is 1. The number of aromatic hydroxyl groups is 1. The van der Waals surface area contributed by atoms with Gasteiger partial charge in [-0.15, -0.1) is 0 Å². The number of esters is 2. The van der Waals surface area contributed by atoms with E-state index < -0.39 is 16.8 Å². The Morgan fingerprint density at radius 1 is 0.746 bits per heavy atom. The van der Waals surface area contributed by atoms with Crippen LogP contribution in [0.3, 0.4) is 0 Å². The first-order valence-corrected chi connectivity index (χ1v) is 20.6. The number of carbonyl (C=O) groups excluding carboxylic acids is 2. The van der Waals surface area contributed by atoms with Crippen LogP contribution in [0.15, 0.2) is 116 Å². The van der Waals surface area contributed by atoms with Crippen molar-refractivity contribution >= 4 is 24.1 Å². The molecule has 59 heavy (non-hydrogen) atoms. The number of hydrogen-bond acceptors (Lipinski definition) is 8. The summed E-state index contributed by atoms with van der Waals surface area (Å²) in [6.45, 7) is 28.0. The minimum absolute atomic E-state index is 0.0497. The van der Waals surface area contributed by atoms with E-state index in [1.54, 1.807) is 45.2 Å². The Kier molecular flexibility index (Phi) is 20.1. The number of rotatable bonds is 11. The Bertz CT molecular complexity index is 1770. The van der Waals surface area contributed by atoms with E-state index in [-0.39, 0.29) is 23.6 Å². The molecule has 322 valence electrons. The molecule has 3 aromatic rings. The standard InChI is InChI=1S/C16H20O2.C14H20O2.C13H22O3.C8H8O/c1-13(2)15(17)18-16(11-7-4-8-12-16)14-9-5-3-6-10-14;1-6-11-7-9-12(10-8-11)16-13(15-5)14(2,3)4;1-5-13(16-11(14)10(2)3)8-6-12(4,15)7-9-13;1-2-7-3-5-8(9)6-4-7/h3,5-6,9-10H,1,4,7-8,11-12H2,2H3;6-10,13H,1H2,2-5H3;15H,2,5-9H2,1,3-4H3;2-6,9H,1H2. The number of phenolic OH excluding ortho intramolecular Hbond substituents is 1. The van der Waals surface area contributed by atoms with Gasteiger partial charge in [-0.1, -0.05) is 127 Å². The highest BCUT2D eigenvalue weighted by Gasteiger charge is 2.41. The van der Waals surface area contributed by atoms with Crippen molar-refractivity contribution in [2.75, 3.05) is 7.11 Å². The van der Waals surface area contributed by atoms with Crippen LogP contribution in [-0.2, 0) is 29.4 Å². The molecule has 0 aromatic heterocycles. The van der Waals surface area contributed by atoms with Crippen LogP contribution in [-0.4, -0.2) is 46.8 Å². The quantitative estimate of drug-likeness (QED) is 0.112. The van der Waals surface area contributed by atoms with E-state index in [0.29, 0.717) is 29.7 Å². The van der Waals surface area contributed by atoms with Crippen LogP contribution < -0.4 is 4.74 Å². The third-order valence-corrected chi connectivity index (χ3v) is 10.5. The molecular formula is C51H70O8. The number of aliphatic hydroxyl groups is 1. The first-order valence-electron chi connectivity index (χ1n) is 20.6. The third kappa shape index (κ3) is 17.1. The molecule has 0 radical (unpaired) electrons. The van der Waals surface area contributed by atoms with Gasteiger partial charge in [0, 0.05) is 23.7 Å². The van der Waals surface area contributed by atoms with Crippen molar-refractivity contribution in [2.45, 2.75) is 136 Å². The van der Waals surface area contributed by atoms with Crippen molar-refractivity contribution in [1.29, 1.82) is 0 Å². The normalized spacial score (nSPS) is 19.8. The van der Waals surface area contributed by atoms with E-state index >= 15 is 0 Å². The molecule has 1 unspecified atom stereocenters. The van der Waals surface area contributed by atoms with Crippen molar-refractivity contribution in [3.05, 3.63) is 133 Å². The zero-order chi connectivity index (χ0) is 44.3. The summed E-state index contributed by atoms with van der Waals surface area (Å²) in [5, 5.41) is 18.7. The maximum atomic E-state index is 11.9. The lowest BCUT2D eigenvalue weighted by Gasteiger charge is -2.41. The maximum Gasteiger partial charge on any atom is 0.333 e. The molecule has 0 heterocycles. The fourth-order valence-electron chi connectivity index (χ4n) is 6.63. The predicted octanol–water partition coefficient (Wildman–Crippen LogP) is 12.3. The van der Waals surface area contributed by atoms with Crippen molar-refractivity contribution in [1.82, 2.24) is 0 Å². The summed E-state index contributed by atoms with van der Waals surface area (Å²) < 4.78 is 22.4. The lowest BCUT2D eigenvalue weighted by Crippen LogP contribution is -2.44. The second-order valence-corrected chi connectivity index (χ2v) is 16.9. The molecule has 0 spiro atoms. The predicted molar refractivity (Wildman–Crippen MR) is 241 cm³/mol. The first kappa shape index (κ1) is 50.2. The average molecular weight is 811 g/mol. The molecule has 8 heteroatoms. The van der Waals surface area contributed by atoms with Crippen molar-refractivity contribution in [3.63, 3.8) is 0 Å². The molecular weight excluding hydrogens is 741 g/mol. The molecule has 0 saturated heterocycles. The Hall–Kier alpha value is -4.92. The summed E-state index contributed by atoms with van der Waals surface area (Å²) in [5.74, 6) is 0.511. The van der Waals surface area contributed by atoms with E-state index in [0.717, 1.165) is 67.4 Å². The van der Waals surface area contributed by atoms with Gasteiger partial charge in [0.25, 0.3) is 0 Å². The van der Waals surface area contributed by atoms with Gasteiger partial charge in [-0.3, -0.25) is 0 Å². The van der Waals surface area contributed by atoms with Gasteiger partial charge < -0.3 is 29.2 Å². The Morgan fingerprint density at radius 2 is 1.22 bits per heavy atom. The molecule has 5 rings (SSSR count). The van der Waals surface area contributed by atoms with Crippen LogP contribution in [0.4, 0.5) is 0 Å². The van der Waals surface area contributed by atoms with Gasteiger partial charge in [0.2, 0.25) is 6.29 Å². The minimum atomic E-state index is -0.603. The van der Waals surface area contributed by atoms with Gasteiger partial charge >= 0.3 is 11.9 Å². The molecule has 2 aliphatic carbocycles. The third-order valence-electron chi connectivity index (χ3n) is 10.5. The van der Waals surface area contributed by atoms with Crippen LogP contribution in [0.25, 0.3) is 12.2 Å². The topological polar surface area (TPSA) is 112 Å². The molecule has 2 saturated carbocycles. The fraction of sp³-hybridized carbons (Fsp3) is 0.451. The number of hydrogen-bond donors (Lipinski definition) is 2. The van der Waals surface area contributed by atoms with Gasteiger partial charge in [-0.2, -0.15) is 0 Å². The lowest BCUT2D eigenvalue weighted by atomic mass is 9.75. The van der Waals surface area contributed by atoms with E-state index in [4.69, 9.17) is 24.1 Å². The molecule has 0 amide bonds. The monoisotopic (exact) mass is 811 g/mol. The highest BCUT2D eigenvalue weighted by Crippen LogP contribution is 2.41. The summed E-state index contributed by atoms with van der Waals surface area (Å²) in [4.78, 5) is 23.4. The smallest absolute Gasteiger partial charge is 0.333 e. The van der Waals surface area contributed by atoms with Crippen LogP contribution in [0.2, 0.25) is 0 Å². The van der Waals surface area contributed by atoms with E-state index in [1.807, 2.05) is 68.4 Å². The van der Waals surface area contributed by atoms with Crippen LogP contribution in [0.1, 0.15) is 129 Å². The van der Waals surface area contributed by atoms with Crippen LogP contribution >= 0.6 is 0 Å². The number of methoxy groups -OCH3 is 1. The zero-order valence-electron chi connectivity index (χ0n) is 37.0. The van der Waals surface area contributed by atoms with Gasteiger partial charge in [0.1, 0.15) is 22.7 Å². The summed E-state index contributed by atoms with van der Waals surface area (Å²) in [5.41, 5.74) is 2.64. The molecule has 1 atom stereocenters. The van der Waals surface area contributed by atoms with Crippen LogP contribution in [0.5, 0.6) is 11.5 Å². The molecule has 0 aliphatic heterocycles. The summed E-state index contributed by atoms with van der Waals surface area (Å²) in [7, 11) is 1.66. The molecule has 2 fully saturated rings. The van der Waals surface area contributed by atoms with Crippen molar-refractivity contribution in [3.8, 4) is 11.5 Å². The summed E-state index contributed by atoms with van der Waals surface area (Å²) in [6.07, 6.45) is 12.2. The maximum absolute atomic E-state index is 11.9. The van der Waals surface area contributed by atoms with Gasteiger partial charge in [0.15, 0.2) is 0 Å². The summed E-state index contributed by atoms with van der Waals surface area (Å²) >= 11 is 0. The highest BCUT2D eigenvalue weighted by molar-refractivity contribution is 5.87. The minimum Gasteiger partial charge on any atom is -0.508 e. The highest BCUT2D eigenvalue weighted by atomic mass is 16.7. The molecule has 2 N–H and O–H groups in total. The molecule has 2 aliphatic rings. The molecule has 3 aromatic carbocycles. The van der Waals surface area contributed by atoms with Crippen molar-refractivity contribution < 1.29 is 38.7 Å². The molecule has 0 bridgehead atoms. The summed E-state index contributed by atoms with van der Waals surface area (Å²) in [6, 6.07) is 24.8. The number of benzene rings is 3. The van der Waals surface area contributed by atoms with E-state index in [2.05, 4.69) is 59.2 Å². The average Bonchev–Trinajstić information content (AvgIpc) is 3.22. The second-order valence-electron chi connectivity index (χ2n) is 16.9. The Labute approximate surface area is 354 Å². The van der Waals surface area contributed by atoms with E-state index in [1.165, 1.54) is 6.42 Å². The van der Waals surface area contributed by atoms with Crippen LogP contribution in [0, 0.1) is 5.41 Å².